The first-order chi connectivity index (χ1) is 7.86. The van der Waals surface area contributed by atoms with Gasteiger partial charge in [0.15, 0.2) is 10.8 Å². The first kappa shape index (κ1) is 9.93. The van der Waals surface area contributed by atoms with Gasteiger partial charge in [0.1, 0.15) is 0 Å². The minimum atomic E-state index is 0.471. The first-order valence-electron chi connectivity index (χ1n) is 4.61. The Morgan fingerprint density at radius 2 is 2.06 bits per heavy atom. The minimum absolute atomic E-state index is 0.471. The Labute approximate surface area is 91.9 Å². The van der Waals surface area contributed by atoms with Crippen molar-refractivity contribution in [1.29, 1.82) is 5.39 Å². The van der Waals surface area contributed by atoms with Gasteiger partial charge in [-0.25, -0.2) is 0 Å². The van der Waals surface area contributed by atoms with Gasteiger partial charge in [-0.05, 0) is 5.56 Å². The standard InChI is InChI=1S/C11H7N5/c12-14-7-9-6-5-8-3-1-2-4-10(8)11(9)15-16-13/h1-7H. The van der Waals surface area contributed by atoms with Crippen LogP contribution < -0.4 is 0 Å². The molecule has 0 N–H and O–H groups in total. The van der Waals surface area contributed by atoms with Crippen molar-refractivity contribution in [3.05, 3.63) is 63.9 Å². The third-order valence-electron chi connectivity index (χ3n) is 2.27. The molecular formula is C11H7N5. The Morgan fingerprint density at radius 1 is 1.25 bits per heavy atom. The van der Waals surface area contributed by atoms with Gasteiger partial charge in [-0.1, -0.05) is 36.4 Å². The van der Waals surface area contributed by atoms with Crippen molar-refractivity contribution >= 4 is 11.8 Å². The fourth-order valence-corrected chi connectivity index (χ4v) is 1.59. The molecule has 0 aromatic heterocycles. The van der Waals surface area contributed by atoms with Gasteiger partial charge in [0.05, 0.1) is 0 Å². The molecule has 0 saturated heterocycles. The van der Waals surface area contributed by atoms with Gasteiger partial charge in [-0.15, -0.1) is 0 Å². The maximum atomic E-state index is 8.52. The fourth-order valence-electron chi connectivity index (χ4n) is 1.59. The summed E-state index contributed by atoms with van der Waals surface area (Å²) in [4.78, 5) is 0. The second kappa shape index (κ2) is 4.28. The Kier molecular flexibility index (Phi) is 2.65. The molecule has 1 aliphatic rings. The molecule has 0 unspecified atom stereocenters. The van der Waals surface area contributed by atoms with E-state index in [2.05, 4.69) is 15.3 Å². The van der Waals surface area contributed by atoms with E-state index in [0.29, 0.717) is 11.3 Å². The summed E-state index contributed by atoms with van der Waals surface area (Å²) in [5.74, 6) is 0. The number of allylic oxidation sites excluding steroid dienone is 2. The summed E-state index contributed by atoms with van der Waals surface area (Å²) in [6, 6.07) is 7.54. The van der Waals surface area contributed by atoms with E-state index in [1.807, 2.05) is 30.3 Å². The highest BCUT2D eigenvalue weighted by Crippen LogP contribution is 2.23. The molecule has 76 valence electrons. The second-order valence-corrected chi connectivity index (χ2v) is 3.16. The van der Waals surface area contributed by atoms with Gasteiger partial charge < -0.3 is 10.6 Å². The van der Waals surface area contributed by atoms with Crippen molar-refractivity contribution < 1.29 is 0 Å². The SMILES string of the molecule is N#[N+]N=C1C(=CN=[N-])C=Cc2ccccc21. The summed E-state index contributed by atoms with van der Waals surface area (Å²) in [5.41, 5.74) is 11.4. The van der Waals surface area contributed by atoms with Crippen LogP contribution >= 0.6 is 0 Å². The lowest BCUT2D eigenvalue weighted by atomic mass is 9.92. The Morgan fingerprint density at radius 3 is 2.81 bits per heavy atom. The van der Waals surface area contributed by atoms with Gasteiger partial charge >= 0.3 is 5.08 Å². The van der Waals surface area contributed by atoms with E-state index in [1.165, 1.54) is 6.20 Å². The van der Waals surface area contributed by atoms with Crippen LogP contribution in [0.3, 0.4) is 0 Å². The lowest BCUT2D eigenvalue weighted by Gasteiger charge is -2.11. The Bertz CT molecular complexity index is 560. The summed E-state index contributed by atoms with van der Waals surface area (Å²) < 4.78 is 0. The average Bonchev–Trinajstić information content (AvgIpc) is 2.32. The molecule has 0 saturated carbocycles. The van der Waals surface area contributed by atoms with Crippen LogP contribution in [0, 0.1) is 5.39 Å². The van der Waals surface area contributed by atoms with E-state index < -0.39 is 0 Å². The van der Waals surface area contributed by atoms with Crippen LogP contribution in [0.25, 0.3) is 16.7 Å². The zero-order valence-electron chi connectivity index (χ0n) is 8.28. The summed E-state index contributed by atoms with van der Waals surface area (Å²) >= 11 is 0. The van der Waals surface area contributed by atoms with Gasteiger partial charge in [0.2, 0.25) is 0 Å². The molecule has 0 aliphatic heterocycles. The molecule has 1 aromatic rings. The van der Waals surface area contributed by atoms with Gasteiger partial charge in [0, 0.05) is 17.3 Å². The highest BCUT2D eigenvalue weighted by Gasteiger charge is 2.18. The number of diazo groups is 1. The third-order valence-corrected chi connectivity index (χ3v) is 2.27. The van der Waals surface area contributed by atoms with Crippen LogP contribution in [0.4, 0.5) is 0 Å². The molecule has 1 aromatic carbocycles. The minimum Gasteiger partial charge on any atom is -0.707 e. The van der Waals surface area contributed by atoms with E-state index in [9.17, 15) is 0 Å². The monoisotopic (exact) mass is 209 g/mol. The van der Waals surface area contributed by atoms with Crippen molar-refractivity contribution in [3.63, 3.8) is 0 Å². The zero-order valence-corrected chi connectivity index (χ0v) is 8.28. The lowest BCUT2D eigenvalue weighted by molar-refractivity contribution is 1.33. The molecule has 0 atom stereocenters. The average molecular weight is 209 g/mol. The quantitative estimate of drug-likeness (QED) is 0.397. The normalized spacial score (nSPS) is 18.2. The van der Waals surface area contributed by atoms with Crippen LogP contribution in [-0.4, -0.2) is 5.71 Å². The molecule has 5 heteroatoms. The van der Waals surface area contributed by atoms with Crippen molar-refractivity contribution in [2.24, 2.45) is 10.2 Å². The van der Waals surface area contributed by atoms with E-state index in [4.69, 9.17) is 10.9 Å². The largest absolute Gasteiger partial charge is 0.707 e. The molecule has 16 heavy (non-hydrogen) atoms. The maximum absolute atomic E-state index is 8.52. The van der Waals surface area contributed by atoms with E-state index in [-0.39, 0.29) is 0 Å². The predicted octanol–water partition coefficient (Wildman–Crippen LogP) is 3.18. The van der Waals surface area contributed by atoms with Crippen molar-refractivity contribution in [2.45, 2.75) is 0 Å². The van der Waals surface area contributed by atoms with Crippen molar-refractivity contribution in [3.8, 4) is 0 Å². The number of hydrogen-bond acceptors (Lipinski definition) is 3. The lowest BCUT2D eigenvalue weighted by Crippen LogP contribution is -2.08. The molecule has 0 bridgehead atoms. The smallest absolute Gasteiger partial charge is 0.339 e. The zero-order chi connectivity index (χ0) is 11.4. The number of rotatable bonds is 1. The molecular weight excluding hydrogens is 202 g/mol. The van der Waals surface area contributed by atoms with Crippen LogP contribution in [0.15, 0.2) is 52.3 Å². The molecule has 5 nitrogen and oxygen atoms in total. The van der Waals surface area contributed by atoms with E-state index in [0.717, 1.165) is 11.1 Å². The molecule has 0 radical (unpaired) electrons. The number of benzene rings is 1. The van der Waals surface area contributed by atoms with Crippen LogP contribution in [-0.2, 0) is 0 Å². The summed E-state index contributed by atoms with van der Waals surface area (Å²) in [6.45, 7) is 0. The highest BCUT2D eigenvalue weighted by molar-refractivity contribution is 6.18. The van der Waals surface area contributed by atoms with Crippen molar-refractivity contribution in [2.75, 3.05) is 0 Å². The molecule has 0 spiro atoms. The van der Waals surface area contributed by atoms with Crippen molar-refractivity contribution in [1.82, 2.24) is 0 Å². The molecule has 0 fully saturated rings. The summed E-state index contributed by atoms with van der Waals surface area (Å²) in [6.07, 6.45) is 4.87. The topological polar surface area (TPSA) is 75.2 Å². The van der Waals surface area contributed by atoms with Gasteiger partial charge in [-0.2, -0.15) is 0 Å². The van der Waals surface area contributed by atoms with Crippen LogP contribution in [0.2, 0.25) is 0 Å². The number of fused-ring (bicyclic) bond motifs is 1. The fraction of sp³-hybridized carbons (Fsp3) is 0. The second-order valence-electron chi connectivity index (χ2n) is 3.16. The Balaban J connectivity index is 2.64. The van der Waals surface area contributed by atoms with E-state index >= 15 is 0 Å². The number of hydrogen-bond donors (Lipinski definition) is 0. The van der Waals surface area contributed by atoms with E-state index in [1.54, 1.807) is 6.08 Å². The molecule has 2 rings (SSSR count). The Hall–Kier alpha value is -2.61. The van der Waals surface area contributed by atoms with Gasteiger partial charge in [0.25, 0.3) is 5.39 Å². The molecule has 0 amide bonds. The molecule has 0 heterocycles. The predicted molar refractivity (Wildman–Crippen MR) is 61.0 cm³/mol. The summed E-state index contributed by atoms with van der Waals surface area (Å²) in [5, 5.41) is 17.9. The number of nitrogens with zero attached hydrogens (tertiary/aromatic N) is 5. The summed E-state index contributed by atoms with van der Waals surface area (Å²) in [7, 11) is 0. The first-order valence-corrected chi connectivity index (χ1v) is 4.61. The third kappa shape index (κ3) is 1.64. The van der Waals surface area contributed by atoms with Crippen LogP contribution in [0.5, 0.6) is 0 Å². The maximum Gasteiger partial charge on any atom is 0.339 e. The van der Waals surface area contributed by atoms with Gasteiger partial charge in [-0.3, -0.25) is 0 Å². The van der Waals surface area contributed by atoms with Crippen LogP contribution in [0.1, 0.15) is 11.1 Å². The molecule has 1 aliphatic carbocycles. The highest BCUT2D eigenvalue weighted by atomic mass is 15.2.